The normalized spacial score (nSPS) is 10.1. The van der Waals surface area contributed by atoms with E-state index >= 15 is 0 Å². The van der Waals surface area contributed by atoms with Crippen LogP contribution in [0.1, 0.15) is 27.9 Å². The molecule has 0 aliphatic heterocycles. The number of hydrogen-bond acceptors (Lipinski definition) is 3. The second-order valence-electron chi connectivity index (χ2n) is 5.70. The Kier molecular flexibility index (Phi) is 6.65. The minimum absolute atomic E-state index is 0.160. The molecule has 0 unspecified atom stereocenters. The summed E-state index contributed by atoms with van der Waals surface area (Å²) in [6, 6.07) is 17.0. The van der Waals surface area contributed by atoms with Crippen molar-refractivity contribution in [3.63, 3.8) is 0 Å². The highest BCUT2D eigenvalue weighted by Gasteiger charge is 2.16. The lowest BCUT2D eigenvalue weighted by Gasteiger charge is -2.25. The molecule has 2 aromatic rings. The maximum atomic E-state index is 12.5. The lowest BCUT2D eigenvalue weighted by Crippen LogP contribution is -2.43. The van der Waals surface area contributed by atoms with E-state index in [0.717, 1.165) is 11.1 Å². The molecule has 0 aliphatic rings. The summed E-state index contributed by atoms with van der Waals surface area (Å²) in [6.45, 7) is 2.70. The quantitative estimate of drug-likeness (QED) is 0.780. The van der Waals surface area contributed by atoms with E-state index in [-0.39, 0.29) is 17.4 Å². The first-order chi connectivity index (χ1) is 12.0. The molecule has 5 nitrogen and oxygen atoms in total. The van der Waals surface area contributed by atoms with Crippen LogP contribution in [0.25, 0.3) is 0 Å². The molecule has 25 heavy (non-hydrogen) atoms. The van der Waals surface area contributed by atoms with Crippen molar-refractivity contribution >= 4 is 29.1 Å². The fourth-order valence-electron chi connectivity index (χ4n) is 2.37. The van der Waals surface area contributed by atoms with Crippen LogP contribution in [0, 0.1) is 6.92 Å². The summed E-state index contributed by atoms with van der Waals surface area (Å²) in [6.07, 6.45) is 0.160. The van der Waals surface area contributed by atoms with Gasteiger partial charge in [0.1, 0.15) is 0 Å². The van der Waals surface area contributed by atoms with Crippen LogP contribution in [-0.4, -0.2) is 28.4 Å². The van der Waals surface area contributed by atoms with Gasteiger partial charge in [-0.3, -0.25) is 14.9 Å². The van der Waals surface area contributed by atoms with Crippen LogP contribution in [0.4, 0.5) is 0 Å². The monoisotopic (exact) mass is 355 g/mol. The number of benzene rings is 2. The van der Waals surface area contributed by atoms with Crippen LogP contribution >= 0.6 is 12.2 Å². The number of nitrogens with zero attached hydrogens (tertiary/aromatic N) is 1. The zero-order valence-corrected chi connectivity index (χ0v) is 14.9. The summed E-state index contributed by atoms with van der Waals surface area (Å²) in [5.74, 6) is -0.675. The molecule has 0 saturated heterocycles. The Morgan fingerprint density at radius 2 is 1.72 bits per heavy atom. The van der Waals surface area contributed by atoms with E-state index in [1.165, 1.54) is 0 Å². The number of primary amides is 1. The van der Waals surface area contributed by atoms with Crippen LogP contribution in [0.3, 0.4) is 0 Å². The number of carbonyl (C=O) groups excluding carboxylic acids is 2. The first kappa shape index (κ1) is 18.6. The van der Waals surface area contributed by atoms with Crippen LogP contribution in [0.2, 0.25) is 0 Å². The molecule has 2 rings (SSSR count). The lowest BCUT2D eigenvalue weighted by molar-refractivity contribution is -0.118. The fourth-order valence-corrected chi connectivity index (χ4v) is 2.62. The van der Waals surface area contributed by atoms with E-state index in [4.69, 9.17) is 18.0 Å². The number of nitrogens with one attached hydrogen (secondary N) is 1. The molecule has 0 aromatic heterocycles. The van der Waals surface area contributed by atoms with Crippen molar-refractivity contribution in [2.45, 2.75) is 19.9 Å². The first-order valence-electron chi connectivity index (χ1n) is 7.95. The molecule has 0 aliphatic carbocycles. The number of thiocarbonyl (C=S) groups is 1. The van der Waals surface area contributed by atoms with Gasteiger partial charge in [0.25, 0.3) is 5.91 Å². The SMILES string of the molecule is Cc1ccccc1C(=O)NC(=S)N(CCC(N)=O)Cc1ccccc1. The zero-order chi connectivity index (χ0) is 18.2. The Morgan fingerprint density at radius 1 is 1.08 bits per heavy atom. The predicted molar refractivity (Wildman–Crippen MR) is 102 cm³/mol. The van der Waals surface area contributed by atoms with E-state index in [2.05, 4.69) is 5.32 Å². The van der Waals surface area contributed by atoms with E-state index in [9.17, 15) is 9.59 Å². The summed E-state index contributed by atoms with van der Waals surface area (Å²) < 4.78 is 0. The topological polar surface area (TPSA) is 75.4 Å². The highest BCUT2D eigenvalue weighted by molar-refractivity contribution is 7.80. The molecule has 2 aromatic carbocycles. The van der Waals surface area contributed by atoms with Crippen molar-refractivity contribution in [1.82, 2.24) is 10.2 Å². The second-order valence-corrected chi connectivity index (χ2v) is 6.08. The number of carbonyl (C=O) groups is 2. The average Bonchev–Trinajstić information content (AvgIpc) is 2.59. The smallest absolute Gasteiger partial charge is 0.257 e. The van der Waals surface area contributed by atoms with Crippen molar-refractivity contribution in [3.8, 4) is 0 Å². The van der Waals surface area contributed by atoms with Crippen LogP contribution in [-0.2, 0) is 11.3 Å². The largest absolute Gasteiger partial charge is 0.370 e. The summed E-state index contributed by atoms with van der Waals surface area (Å²) in [5.41, 5.74) is 7.72. The molecular weight excluding hydrogens is 334 g/mol. The van der Waals surface area contributed by atoms with E-state index in [0.29, 0.717) is 18.7 Å². The Hall–Kier alpha value is -2.73. The van der Waals surface area contributed by atoms with Gasteiger partial charge in [-0.15, -0.1) is 0 Å². The van der Waals surface area contributed by atoms with Crippen molar-refractivity contribution in [2.75, 3.05) is 6.54 Å². The third kappa shape index (κ3) is 5.69. The Labute approximate surface area is 152 Å². The van der Waals surface area contributed by atoms with Crippen molar-refractivity contribution < 1.29 is 9.59 Å². The van der Waals surface area contributed by atoms with E-state index in [1.807, 2.05) is 49.4 Å². The summed E-state index contributed by atoms with van der Waals surface area (Å²) in [7, 11) is 0. The Morgan fingerprint density at radius 3 is 2.36 bits per heavy atom. The molecule has 6 heteroatoms. The molecule has 0 fully saturated rings. The number of hydrogen-bond donors (Lipinski definition) is 2. The third-order valence-electron chi connectivity index (χ3n) is 3.74. The van der Waals surface area contributed by atoms with Gasteiger partial charge in [-0.25, -0.2) is 0 Å². The number of rotatable bonds is 6. The molecule has 0 saturated carbocycles. The maximum absolute atomic E-state index is 12.5. The van der Waals surface area contributed by atoms with Gasteiger partial charge in [0.2, 0.25) is 5.91 Å². The van der Waals surface area contributed by atoms with E-state index < -0.39 is 5.91 Å². The maximum Gasteiger partial charge on any atom is 0.257 e. The average molecular weight is 355 g/mol. The lowest BCUT2D eigenvalue weighted by atomic mass is 10.1. The van der Waals surface area contributed by atoms with Gasteiger partial charge in [-0.2, -0.15) is 0 Å². The summed E-state index contributed by atoms with van der Waals surface area (Å²) >= 11 is 5.39. The van der Waals surface area contributed by atoms with Gasteiger partial charge in [-0.1, -0.05) is 48.5 Å². The highest BCUT2D eigenvalue weighted by atomic mass is 32.1. The predicted octanol–water partition coefficient (Wildman–Crippen LogP) is 2.39. The molecule has 0 spiro atoms. The molecule has 0 radical (unpaired) electrons. The third-order valence-corrected chi connectivity index (χ3v) is 4.10. The number of aryl methyl sites for hydroxylation is 1. The van der Waals surface area contributed by atoms with Crippen LogP contribution in [0.15, 0.2) is 54.6 Å². The first-order valence-corrected chi connectivity index (χ1v) is 8.36. The minimum atomic E-state index is -0.411. The van der Waals surface area contributed by atoms with E-state index in [1.54, 1.807) is 17.0 Å². The highest BCUT2D eigenvalue weighted by Crippen LogP contribution is 2.09. The van der Waals surface area contributed by atoms with Gasteiger partial charge >= 0.3 is 0 Å². The molecule has 0 heterocycles. The Balaban J connectivity index is 2.09. The molecule has 0 atom stereocenters. The van der Waals surface area contributed by atoms with Gasteiger partial charge < -0.3 is 10.6 Å². The molecule has 2 amide bonds. The fraction of sp³-hybridized carbons (Fsp3) is 0.211. The molecule has 3 N–H and O–H groups in total. The van der Waals surface area contributed by atoms with Gasteiger partial charge in [0, 0.05) is 25.1 Å². The number of amides is 2. The number of nitrogens with two attached hydrogens (primary N) is 1. The molecule has 0 bridgehead atoms. The standard InChI is InChI=1S/C19H21N3O2S/c1-14-7-5-6-10-16(14)18(24)21-19(25)22(12-11-17(20)23)13-15-8-3-2-4-9-15/h2-10H,11-13H2,1H3,(H2,20,23)(H,21,24,25). The minimum Gasteiger partial charge on any atom is -0.370 e. The van der Waals surface area contributed by atoms with Crippen LogP contribution < -0.4 is 11.1 Å². The summed E-state index contributed by atoms with van der Waals surface area (Å²) in [4.78, 5) is 25.4. The molecule has 130 valence electrons. The zero-order valence-electron chi connectivity index (χ0n) is 14.1. The van der Waals surface area contributed by atoms with Crippen LogP contribution in [0.5, 0.6) is 0 Å². The Bertz CT molecular complexity index is 762. The van der Waals surface area contributed by atoms with Gasteiger partial charge in [0.05, 0.1) is 0 Å². The second kappa shape index (κ2) is 8.94. The summed E-state index contributed by atoms with van der Waals surface area (Å²) in [5, 5.41) is 3.02. The molecular formula is C19H21N3O2S. The van der Waals surface area contributed by atoms with Crippen molar-refractivity contribution in [2.24, 2.45) is 5.73 Å². The van der Waals surface area contributed by atoms with Crippen molar-refractivity contribution in [3.05, 3.63) is 71.3 Å². The van der Waals surface area contributed by atoms with Crippen molar-refractivity contribution in [1.29, 1.82) is 0 Å². The van der Waals surface area contributed by atoms with Gasteiger partial charge in [-0.05, 0) is 36.3 Å². The van der Waals surface area contributed by atoms with Gasteiger partial charge in [0.15, 0.2) is 5.11 Å².